The Morgan fingerprint density at radius 2 is 1.72 bits per heavy atom. The van der Waals surface area contributed by atoms with Gasteiger partial charge in [-0.25, -0.2) is 8.42 Å². The lowest BCUT2D eigenvalue weighted by Gasteiger charge is -2.15. The lowest BCUT2D eigenvalue weighted by Crippen LogP contribution is -2.27. The number of carboxylic acids is 1. The summed E-state index contributed by atoms with van der Waals surface area (Å²) in [7, 11) is -3.40. The number of sulfonamides is 1. The summed E-state index contributed by atoms with van der Waals surface area (Å²) in [6.45, 7) is 1.50. The molecule has 1 aromatic rings. The maximum Gasteiger partial charge on any atom is 0.303 e. The molecule has 1 amide bonds. The molecule has 138 valence electrons. The first kappa shape index (κ1) is 19.4. The van der Waals surface area contributed by atoms with Crippen molar-refractivity contribution >= 4 is 21.9 Å². The van der Waals surface area contributed by atoms with E-state index in [1.165, 1.54) is 4.31 Å². The molecule has 25 heavy (non-hydrogen) atoms. The zero-order chi connectivity index (χ0) is 18.3. The van der Waals surface area contributed by atoms with Gasteiger partial charge >= 0.3 is 5.97 Å². The van der Waals surface area contributed by atoms with Crippen LogP contribution >= 0.6 is 0 Å². The van der Waals surface area contributed by atoms with Crippen molar-refractivity contribution < 1.29 is 23.1 Å². The first-order valence-electron chi connectivity index (χ1n) is 8.47. The first-order chi connectivity index (χ1) is 11.9. The maximum atomic E-state index is 12.4. The van der Waals surface area contributed by atoms with Crippen LogP contribution in [0, 0.1) is 0 Å². The second-order valence-electron chi connectivity index (χ2n) is 6.10. The molecule has 1 aliphatic rings. The van der Waals surface area contributed by atoms with Gasteiger partial charge in [0.25, 0.3) is 0 Å². The van der Waals surface area contributed by atoms with E-state index in [-0.39, 0.29) is 23.6 Å². The van der Waals surface area contributed by atoms with Gasteiger partial charge in [0.05, 0.1) is 4.90 Å². The van der Waals surface area contributed by atoms with Gasteiger partial charge in [-0.1, -0.05) is 12.1 Å². The summed E-state index contributed by atoms with van der Waals surface area (Å²) in [4.78, 5) is 22.4. The molecule has 0 aliphatic carbocycles. The smallest absolute Gasteiger partial charge is 0.303 e. The maximum absolute atomic E-state index is 12.4. The highest BCUT2D eigenvalue weighted by molar-refractivity contribution is 7.89. The Hall–Kier alpha value is -1.93. The molecular formula is C17H24N2O5S. The average Bonchev–Trinajstić information content (AvgIpc) is 3.12. The van der Waals surface area contributed by atoms with Crippen molar-refractivity contribution in [1.29, 1.82) is 0 Å². The second kappa shape index (κ2) is 8.96. The minimum Gasteiger partial charge on any atom is -0.481 e. The van der Waals surface area contributed by atoms with Crippen LogP contribution in [-0.4, -0.2) is 49.3 Å². The highest BCUT2D eigenvalue weighted by atomic mass is 32.2. The third-order valence-electron chi connectivity index (χ3n) is 4.16. The number of nitrogens with one attached hydrogen (secondary N) is 1. The van der Waals surface area contributed by atoms with Crippen LogP contribution in [0.5, 0.6) is 0 Å². The summed E-state index contributed by atoms with van der Waals surface area (Å²) in [5.74, 6) is -1.02. The molecule has 0 aromatic heterocycles. The lowest BCUT2D eigenvalue weighted by molar-refractivity contribution is -0.137. The topological polar surface area (TPSA) is 104 Å². The fourth-order valence-electron chi connectivity index (χ4n) is 2.72. The summed E-state index contributed by atoms with van der Waals surface area (Å²) < 4.78 is 26.4. The standard InChI is InChI=1S/C17H24N2O5S/c20-16(18-11-3-4-17(21)22)10-7-14-5-8-15(9-6-14)25(23,24)19-12-1-2-13-19/h5-6,8-9H,1-4,7,10-13H2,(H,18,20)(H,21,22). The van der Waals surface area contributed by atoms with Crippen molar-refractivity contribution in [3.05, 3.63) is 29.8 Å². The molecule has 0 atom stereocenters. The number of carboxylic acid groups (broad SMARTS) is 1. The monoisotopic (exact) mass is 368 g/mol. The minimum absolute atomic E-state index is 0.0350. The van der Waals surface area contributed by atoms with E-state index in [2.05, 4.69) is 5.32 Å². The van der Waals surface area contributed by atoms with Gasteiger partial charge in [-0.05, 0) is 43.4 Å². The van der Waals surface area contributed by atoms with Crippen molar-refractivity contribution in [3.8, 4) is 0 Å². The van der Waals surface area contributed by atoms with E-state index in [9.17, 15) is 18.0 Å². The van der Waals surface area contributed by atoms with Gasteiger partial charge in [0.15, 0.2) is 0 Å². The molecular weight excluding hydrogens is 344 g/mol. The normalized spacial score (nSPS) is 15.2. The molecule has 1 saturated heterocycles. The molecule has 0 unspecified atom stereocenters. The highest BCUT2D eigenvalue weighted by Crippen LogP contribution is 2.21. The Bertz CT molecular complexity index is 694. The quantitative estimate of drug-likeness (QED) is 0.641. The van der Waals surface area contributed by atoms with Crippen LogP contribution in [0.25, 0.3) is 0 Å². The second-order valence-corrected chi connectivity index (χ2v) is 8.04. The molecule has 1 heterocycles. The molecule has 1 aromatic carbocycles. The summed E-state index contributed by atoms with van der Waals surface area (Å²) in [5.41, 5.74) is 0.890. The van der Waals surface area contributed by atoms with Gasteiger partial charge in [-0.2, -0.15) is 4.31 Å². The van der Waals surface area contributed by atoms with Gasteiger partial charge in [0, 0.05) is 32.5 Å². The fourth-order valence-corrected chi connectivity index (χ4v) is 4.24. The first-order valence-corrected chi connectivity index (χ1v) is 9.91. The van der Waals surface area contributed by atoms with E-state index in [1.807, 2.05) is 0 Å². The Morgan fingerprint density at radius 3 is 2.32 bits per heavy atom. The van der Waals surface area contributed by atoms with Crippen molar-refractivity contribution in [2.24, 2.45) is 0 Å². The molecule has 0 spiro atoms. The van der Waals surface area contributed by atoms with E-state index in [0.29, 0.717) is 32.5 Å². The molecule has 2 N–H and O–H groups in total. The van der Waals surface area contributed by atoms with E-state index in [4.69, 9.17) is 5.11 Å². The van der Waals surface area contributed by atoms with Crippen molar-refractivity contribution in [1.82, 2.24) is 9.62 Å². The van der Waals surface area contributed by atoms with Crippen LogP contribution in [0.4, 0.5) is 0 Å². The SMILES string of the molecule is O=C(O)CCCNC(=O)CCc1ccc(S(=O)(=O)N2CCCC2)cc1. The predicted molar refractivity (Wildman–Crippen MR) is 92.6 cm³/mol. The van der Waals surface area contributed by atoms with E-state index < -0.39 is 16.0 Å². The van der Waals surface area contributed by atoms with Gasteiger partial charge in [-0.3, -0.25) is 9.59 Å². The Kier molecular flexibility index (Phi) is 6.95. The number of aryl methyl sites for hydroxylation is 1. The van der Waals surface area contributed by atoms with Crippen LogP contribution in [0.15, 0.2) is 29.2 Å². The predicted octanol–water partition coefficient (Wildman–Crippen LogP) is 1.38. The number of carbonyl (C=O) groups is 2. The van der Waals surface area contributed by atoms with Gasteiger partial charge in [-0.15, -0.1) is 0 Å². The van der Waals surface area contributed by atoms with Crippen LogP contribution in [0.2, 0.25) is 0 Å². The van der Waals surface area contributed by atoms with Crippen LogP contribution < -0.4 is 5.32 Å². The molecule has 1 fully saturated rings. The van der Waals surface area contributed by atoms with Crippen molar-refractivity contribution in [2.45, 2.75) is 43.4 Å². The number of aliphatic carboxylic acids is 1. The average molecular weight is 368 g/mol. The van der Waals surface area contributed by atoms with Gasteiger partial charge < -0.3 is 10.4 Å². The zero-order valence-electron chi connectivity index (χ0n) is 14.1. The molecule has 1 aliphatic heterocycles. The lowest BCUT2D eigenvalue weighted by atomic mass is 10.1. The highest BCUT2D eigenvalue weighted by Gasteiger charge is 2.26. The molecule has 0 radical (unpaired) electrons. The third kappa shape index (κ3) is 5.82. The number of hydrogen-bond donors (Lipinski definition) is 2. The summed E-state index contributed by atoms with van der Waals surface area (Å²) in [6, 6.07) is 6.66. The Morgan fingerprint density at radius 1 is 1.08 bits per heavy atom. The largest absolute Gasteiger partial charge is 0.481 e. The Balaban J connectivity index is 1.80. The molecule has 8 heteroatoms. The third-order valence-corrected chi connectivity index (χ3v) is 6.07. The number of carbonyl (C=O) groups excluding carboxylic acids is 1. The molecule has 0 saturated carbocycles. The van der Waals surface area contributed by atoms with Crippen molar-refractivity contribution in [3.63, 3.8) is 0 Å². The van der Waals surface area contributed by atoms with Crippen molar-refractivity contribution in [2.75, 3.05) is 19.6 Å². The number of benzene rings is 1. The molecule has 7 nitrogen and oxygen atoms in total. The van der Waals surface area contributed by atoms with Crippen LogP contribution in [0.1, 0.15) is 37.7 Å². The van der Waals surface area contributed by atoms with Crippen LogP contribution in [-0.2, 0) is 26.0 Å². The number of amides is 1. The summed E-state index contributed by atoms with van der Waals surface area (Å²) >= 11 is 0. The van der Waals surface area contributed by atoms with Gasteiger partial charge in [0.2, 0.25) is 15.9 Å². The number of nitrogens with zero attached hydrogens (tertiary/aromatic N) is 1. The Labute approximate surface area is 148 Å². The summed E-state index contributed by atoms with van der Waals surface area (Å²) in [5, 5.41) is 11.2. The number of rotatable bonds is 9. The molecule has 0 bridgehead atoms. The van der Waals surface area contributed by atoms with E-state index >= 15 is 0 Å². The molecule has 2 rings (SSSR count). The van der Waals surface area contributed by atoms with E-state index in [0.717, 1.165) is 18.4 Å². The van der Waals surface area contributed by atoms with Gasteiger partial charge in [0.1, 0.15) is 0 Å². The number of hydrogen-bond acceptors (Lipinski definition) is 4. The zero-order valence-corrected chi connectivity index (χ0v) is 14.9. The van der Waals surface area contributed by atoms with E-state index in [1.54, 1.807) is 24.3 Å². The fraction of sp³-hybridized carbons (Fsp3) is 0.529. The summed E-state index contributed by atoms with van der Waals surface area (Å²) in [6.07, 6.45) is 3.04. The minimum atomic E-state index is -3.40. The van der Waals surface area contributed by atoms with Crippen LogP contribution in [0.3, 0.4) is 0 Å².